The molecule has 0 saturated heterocycles. The van der Waals surface area contributed by atoms with Gasteiger partial charge >= 0.3 is 11.8 Å². The maximum absolute atomic E-state index is 11.5. The second kappa shape index (κ2) is 8.13. The molecular formula is C14H20N2O3. The largest absolute Gasteiger partial charge is 0.496 e. The van der Waals surface area contributed by atoms with Crippen LogP contribution in [0.4, 0.5) is 0 Å². The minimum atomic E-state index is -0.623. The molecule has 0 fully saturated rings. The Bertz CT molecular complexity index is 432. The van der Waals surface area contributed by atoms with Gasteiger partial charge in [-0.05, 0) is 12.5 Å². The summed E-state index contributed by atoms with van der Waals surface area (Å²) < 4.78 is 5.17. The van der Waals surface area contributed by atoms with Gasteiger partial charge in [-0.25, -0.2) is 0 Å². The van der Waals surface area contributed by atoms with Gasteiger partial charge in [0, 0.05) is 18.7 Å². The highest BCUT2D eigenvalue weighted by Crippen LogP contribution is 2.16. The van der Waals surface area contributed by atoms with Crippen molar-refractivity contribution in [2.24, 2.45) is 0 Å². The van der Waals surface area contributed by atoms with Crippen molar-refractivity contribution in [2.75, 3.05) is 13.7 Å². The molecule has 2 amide bonds. The van der Waals surface area contributed by atoms with Crippen LogP contribution in [-0.4, -0.2) is 25.5 Å². The monoisotopic (exact) mass is 264 g/mol. The molecule has 104 valence electrons. The lowest BCUT2D eigenvalue weighted by Crippen LogP contribution is -2.39. The zero-order valence-corrected chi connectivity index (χ0v) is 11.4. The number of carbonyl (C=O) groups is 2. The highest BCUT2D eigenvalue weighted by atomic mass is 16.5. The van der Waals surface area contributed by atoms with E-state index in [-0.39, 0.29) is 6.54 Å². The summed E-state index contributed by atoms with van der Waals surface area (Å²) in [6, 6.07) is 7.35. The van der Waals surface area contributed by atoms with Crippen molar-refractivity contribution < 1.29 is 14.3 Å². The van der Waals surface area contributed by atoms with Gasteiger partial charge in [0.15, 0.2) is 0 Å². The molecule has 0 radical (unpaired) electrons. The number of carbonyl (C=O) groups excluding carboxylic acids is 2. The van der Waals surface area contributed by atoms with E-state index in [0.717, 1.165) is 18.4 Å². The first-order chi connectivity index (χ1) is 9.19. The Balaban J connectivity index is 2.43. The van der Waals surface area contributed by atoms with Crippen molar-refractivity contribution in [1.29, 1.82) is 0 Å². The number of rotatable bonds is 6. The average molecular weight is 264 g/mol. The van der Waals surface area contributed by atoms with E-state index >= 15 is 0 Å². The first-order valence-electron chi connectivity index (χ1n) is 6.37. The van der Waals surface area contributed by atoms with Crippen molar-refractivity contribution in [3.63, 3.8) is 0 Å². The van der Waals surface area contributed by atoms with Crippen LogP contribution >= 0.6 is 0 Å². The summed E-state index contributed by atoms with van der Waals surface area (Å²) in [6.07, 6.45) is 1.84. The van der Waals surface area contributed by atoms with Gasteiger partial charge in [0.2, 0.25) is 0 Å². The normalized spacial score (nSPS) is 9.79. The Morgan fingerprint density at radius 3 is 2.53 bits per heavy atom. The SMILES string of the molecule is CCCCNC(=O)C(=O)NCc1ccccc1OC. The number of para-hydroxylation sites is 1. The van der Waals surface area contributed by atoms with E-state index in [1.54, 1.807) is 7.11 Å². The average Bonchev–Trinajstić information content (AvgIpc) is 2.45. The van der Waals surface area contributed by atoms with E-state index in [9.17, 15) is 9.59 Å². The summed E-state index contributed by atoms with van der Waals surface area (Å²) in [7, 11) is 1.57. The first kappa shape index (κ1) is 15.0. The lowest BCUT2D eigenvalue weighted by Gasteiger charge is -2.09. The van der Waals surface area contributed by atoms with E-state index in [4.69, 9.17) is 4.74 Å². The van der Waals surface area contributed by atoms with E-state index in [0.29, 0.717) is 12.3 Å². The predicted molar refractivity (Wildman–Crippen MR) is 72.8 cm³/mol. The van der Waals surface area contributed by atoms with Crippen LogP contribution in [0.3, 0.4) is 0 Å². The Labute approximate surface area is 113 Å². The number of benzene rings is 1. The second-order valence-electron chi connectivity index (χ2n) is 4.10. The van der Waals surface area contributed by atoms with Crippen LogP contribution in [0, 0.1) is 0 Å². The molecule has 0 saturated carbocycles. The van der Waals surface area contributed by atoms with Gasteiger partial charge in [-0.3, -0.25) is 9.59 Å². The molecule has 5 heteroatoms. The molecule has 0 aliphatic heterocycles. The number of hydrogen-bond donors (Lipinski definition) is 2. The molecule has 0 aliphatic carbocycles. The fourth-order valence-electron chi connectivity index (χ4n) is 1.56. The molecule has 5 nitrogen and oxygen atoms in total. The number of hydrogen-bond acceptors (Lipinski definition) is 3. The van der Waals surface area contributed by atoms with Crippen LogP contribution in [-0.2, 0) is 16.1 Å². The number of methoxy groups -OCH3 is 1. The maximum atomic E-state index is 11.5. The summed E-state index contributed by atoms with van der Waals surface area (Å²) >= 11 is 0. The second-order valence-corrected chi connectivity index (χ2v) is 4.10. The van der Waals surface area contributed by atoms with E-state index < -0.39 is 11.8 Å². The highest BCUT2D eigenvalue weighted by molar-refractivity contribution is 6.35. The molecule has 0 bridgehead atoms. The Kier molecular flexibility index (Phi) is 6.43. The Morgan fingerprint density at radius 2 is 1.84 bits per heavy atom. The molecule has 0 heterocycles. The minimum Gasteiger partial charge on any atom is -0.496 e. The molecule has 1 aromatic rings. The van der Waals surface area contributed by atoms with E-state index in [2.05, 4.69) is 10.6 Å². The third-order valence-corrected chi connectivity index (χ3v) is 2.65. The quantitative estimate of drug-likeness (QED) is 0.600. The Hall–Kier alpha value is -2.04. The third-order valence-electron chi connectivity index (χ3n) is 2.65. The molecule has 0 unspecified atom stereocenters. The van der Waals surface area contributed by atoms with Crippen molar-refractivity contribution in [3.8, 4) is 5.75 Å². The smallest absolute Gasteiger partial charge is 0.309 e. The molecule has 0 aromatic heterocycles. The number of nitrogens with one attached hydrogen (secondary N) is 2. The number of unbranched alkanes of at least 4 members (excludes halogenated alkanes) is 1. The molecular weight excluding hydrogens is 244 g/mol. The fourth-order valence-corrected chi connectivity index (χ4v) is 1.56. The van der Waals surface area contributed by atoms with Crippen molar-refractivity contribution in [3.05, 3.63) is 29.8 Å². The van der Waals surface area contributed by atoms with Gasteiger partial charge in [0.25, 0.3) is 0 Å². The van der Waals surface area contributed by atoms with Crippen LogP contribution in [0.2, 0.25) is 0 Å². The standard InChI is InChI=1S/C14H20N2O3/c1-3-4-9-15-13(17)14(18)16-10-11-7-5-6-8-12(11)19-2/h5-8H,3-4,9-10H2,1-2H3,(H,15,17)(H,16,18). The van der Waals surface area contributed by atoms with Crippen LogP contribution in [0.5, 0.6) is 5.75 Å². The topological polar surface area (TPSA) is 67.4 Å². The molecule has 1 rings (SSSR count). The van der Waals surface area contributed by atoms with Crippen LogP contribution in [0.1, 0.15) is 25.3 Å². The van der Waals surface area contributed by atoms with Gasteiger partial charge in [-0.1, -0.05) is 31.5 Å². The van der Waals surface area contributed by atoms with Gasteiger partial charge < -0.3 is 15.4 Å². The molecule has 0 atom stereocenters. The first-order valence-corrected chi connectivity index (χ1v) is 6.37. The Morgan fingerprint density at radius 1 is 1.16 bits per heavy atom. The zero-order valence-electron chi connectivity index (χ0n) is 11.4. The summed E-state index contributed by atoms with van der Waals surface area (Å²) in [5.74, 6) is -0.528. The van der Waals surface area contributed by atoms with E-state index in [1.807, 2.05) is 31.2 Å². The molecule has 19 heavy (non-hydrogen) atoms. The van der Waals surface area contributed by atoms with Crippen LogP contribution in [0.15, 0.2) is 24.3 Å². The highest BCUT2D eigenvalue weighted by Gasteiger charge is 2.12. The summed E-state index contributed by atoms with van der Waals surface area (Å²) in [6.45, 7) is 2.81. The van der Waals surface area contributed by atoms with Crippen molar-refractivity contribution in [1.82, 2.24) is 10.6 Å². The lowest BCUT2D eigenvalue weighted by molar-refractivity contribution is -0.139. The molecule has 0 aliphatic rings. The minimum absolute atomic E-state index is 0.268. The van der Waals surface area contributed by atoms with Crippen molar-refractivity contribution in [2.45, 2.75) is 26.3 Å². The van der Waals surface area contributed by atoms with Gasteiger partial charge in [-0.15, -0.1) is 0 Å². The molecule has 0 spiro atoms. The zero-order chi connectivity index (χ0) is 14.1. The van der Waals surface area contributed by atoms with Crippen molar-refractivity contribution >= 4 is 11.8 Å². The number of amides is 2. The van der Waals surface area contributed by atoms with Gasteiger partial charge in [0.1, 0.15) is 5.75 Å². The number of ether oxygens (including phenoxy) is 1. The van der Waals surface area contributed by atoms with E-state index in [1.165, 1.54) is 0 Å². The molecule has 1 aromatic carbocycles. The summed E-state index contributed by atoms with van der Waals surface area (Å²) in [5, 5.41) is 5.14. The summed E-state index contributed by atoms with van der Waals surface area (Å²) in [4.78, 5) is 23.0. The van der Waals surface area contributed by atoms with Gasteiger partial charge in [-0.2, -0.15) is 0 Å². The fraction of sp³-hybridized carbons (Fsp3) is 0.429. The van der Waals surface area contributed by atoms with Gasteiger partial charge in [0.05, 0.1) is 7.11 Å². The predicted octanol–water partition coefficient (Wildman–Crippen LogP) is 1.23. The third kappa shape index (κ3) is 4.99. The lowest BCUT2D eigenvalue weighted by atomic mass is 10.2. The molecule has 2 N–H and O–H groups in total. The van der Waals surface area contributed by atoms with Crippen LogP contribution < -0.4 is 15.4 Å². The summed E-state index contributed by atoms with van der Waals surface area (Å²) in [5.41, 5.74) is 0.833. The maximum Gasteiger partial charge on any atom is 0.309 e. The van der Waals surface area contributed by atoms with Crippen LogP contribution in [0.25, 0.3) is 0 Å².